The van der Waals surface area contributed by atoms with Gasteiger partial charge in [0.05, 0.1) is 0 Å². The lowest BCUT2D eigenvalue weighted by atomic mass is 9.90. The number of Topliss-reactive ketones (excluding diaryl/α,β-unsaturated/α-hetero) is 1. The van der Waals surface area contributed by atoms with Crippen LogP contribution in [-0.4, -0.2) is 37.0 Å². The smallest absolute Gasteiger partial charge is 0.163 e. The number of aryl methyl sites for hydroxylation is 1. The number of ketones is 1. The van der Waals surface area contributed by atoms with Crippen LogP contribution in [0.15, 0.2) is 18.2 Å². The summed E-state index contributed by atoms with van der Waals surface area (Å²) in [6.07, 6.45) is 5.31. The molecule has 0 atom stereocenters. The molecule has 0 N–H and O–H groups in total. The highest BCUT2D eigenvalue weighted by atomic mass is 16.5. The summed E-state index contributed by atoms with van der Waals surface area (Å²) in [4.78, 5) is 15.3. The van der Waals surface area contributed by atoms with Gasteiger partial charge in [-0.1, -0.05) is 19.1 Å². The Hall–Kier alpha value is -1.19. The highest BCUT2D eigenvalue weighted by Gasteiger charge is 2.20. The molecule has 3 rings (SSSR count). The van der Waals surface area contributed by atoms with E-state index in [1.807, 2.05) is 0 Å². The number of likely N-dealkylation sites (tertiary alicyclic amines) is 1. The molecule has 24 heavy (non-hydrogen) atoms. The second-order valence-corrected chi connectivity index (χ2v) is 7.79. The molecule has 0 spiro atoms. The first-order valence-electron chi connectivity index (χ1n) is 9.54. The summed E-state index contributed by atoms with van der Waals surface area (Å²) >= 11 is 0. The minimum atomic E-state index is 0.313. The summed E-state index contributed by atoms with van der Waals surface area (Å²) in [7, 11) is 0. The van der Waals surface area contributed by atoms with E-state index in [9.17, 15) is 4.79 Å². The number of piperidine rings is 1. The predicted molar refractivity (Wildman–Crippen MR) is 97.3 cm³/mol. The summed E-state index contributed by atoms with van der Waals surface area (Å²) in [5.74, 6) is 1.67. The van der Waals surface area contributed by atoms with Gasteiger partial charge in [-0.05, 0) is 74.7 Å². The van der Waals surface area contributed by atoms with Crippen LogP contribution in [0.3, 0.4) is 0 Å². The Labute approximate surface area is 146 Å². The average Bonchev–Trinajstić information content (AvgIpc) is 2.59. The van der Waals surface area contributed by atoms with Gasteiger partial charge in [0.1, 0.15) is 0 Å². The molecule has 2 aliphatic heterocycles. The number of nitrogens with zero attached hydrogens (tertiary/aromatic N) is 1. The lowest BCUT2D eigenvalue weighted by Crippen LogP contribution is -2.32. The maximum Gasteiger partial charge on any atom is 0.163 e. The first-order chi connectivity index (χ1) is 11.6. The number of ether oxygens (including phenoxy) is 1. The average molecular weight is 329 g/mol. The molecule has 3 nitrogen and oxygen atoms in total. The third-order valence-corrected chi connectivity index (χ3v) is 5.70. The van der Waals surface area contributed by atoms with Crippen LogP contribution in [0.25, 0.3) is 0 Å². The first-order valence-corrected chi connectivity index (χ1v) is 9.54. The van der Waals surface area contributed by atoms with Crippen LogP contribution in [0.1, 0.15) is 60.5 Å². The standard InChI is InChI=1S/C21H31NO2/c1-16-5-9-22(10-6-16)15-19-4-3-17(2)20(13-19)21(23)14-18-7-11-24-12-8-18/h3-4,13,16,18H,5-12,14-15H2,1-2H3. The van der Waals surface area contributed by atoms with Crippen molar-refractivity contribution in [2.45, 2.75) is 52.5 Å². The summed E-state index contributed by atoms with van der Waals surface area (Å²) in [5, 5.41) is 0. The van der Waals surface area contributed by atoms with E-state index in [-0.39, 0.29) is 0 Å². The van der Waals surface area contributed by atoms with Crippen LogP contribution in [0.4, 0.5) is 0 Å². The fourth-order valence-electron chi connectivity index (χ4n) is 3.87. The Balaban J connectivity index is 1.63. The summed E-state index contributed by atoms with van der Waals surface area (Å²) < 4.78 is 5.41. The highest BCUT2D eigenvalue weighted by Crippen LogP contribution is 2.24. The van der Waals surface area contributed by atoms with E-state index < -0.39 is 0 Å². The van der Waals surface area contributed by atoms with Crippen molar-refractivity contribution in [3.63, 3.8) is 0 Å². The first kappa shape index (κ1) is 17.6. The van der Waals surface area contributed by atoms with Gasteiger partial charge in [-0.3, -0.25) is 9.69 Å². The van der Waals surface area contributed by atoms with Crippen LogP contribution >= 0.6 is 0 Å². The third kappa shape index (κ3) is 4.67. The number of rotatable bonds is 5. The molecule has 1 aromatic rings. The van der Waals surface area contributed by atoms with Gasteiger partial charge in [-0.15, -0.1) is 0 Å². The number of hydrogen-bond acceptors (Lipinski definition) is 3. The van der Waals surface area contributed by atoms with Gasteiger partial charge < -0.3 is 4.74 Å². The molecule has 0 saturated carbocycles. The monoisotopic (exact) mass is 329 g/mol. The SMILES string of the molecule is Cc1ccc(CN2CCC(C)CC2)cc1C(=O)CC1CCOCC1. The van der Waals surface area contributed by atoms with Gasteiger partial charge in [0.25, 0.3) is 0 Å². The van der Waals surface area contributed by atoms with Crippen LogP contribution < -0.4 is 0 Å². The van der Waals surface area contributed by atoms with Crippen molar-refractivity contribution in [3.8, 4) is 0 Å². The van der Waals surface area contributed by atoms with Gasteiger partial charge in [0.2, 0.25) is 0 Å². The van der Waals surface area contributed by atoms with E-state index in [0.717, 1.165) is 49.6 Å². The zero-order valence-electron chi connectivity index (χ0n) is 15.2. The molecule has 0 unspecified atom stereocenters. The second-order valence-electron chi connectivity index (χ2n) is 7.79. The molecule has 0 radical (unpaired) electrons. The lowest BCUT2D eigenvalue weighted by Gasteiger charge is -2.30. The van der Waals surface area contributed by atoms with Crippen molar-refractivity contribution in [1.29, 1.82) is 0 Å². The van der Waals surface area contributed by atoms with Crippen molar-refractivity contribution < 1.29 is 9.53 Å². The molecule has 0 aromatic heterocycles. The number of hydrogen-bond donors (Lipinski definition) is 0. The molecular formula is C21H31NO2. The Morgan fingerprint density at radius 1 is 1.17 bits per heavy atom. The molecule has 132 valence electrons. The quantitative estimate of drug-likeness (QED) is 0.757. The number of carbonyl (C=O) groups excluding carboxylic acids is 1. The largest absolute Gasteiger partial charge is 0.381 e. The van der Waals surface area contributed by atoms with Crippen molar-refractivity contribution in [1.82, 2.24) is 4.90 Å². The Morgan fingerprint density at radius 2 is 1.88 bits per heavy atom. The van der Waals surface area contributed by atoms with Crippen molar-refractivity contribution in [3.05, 3.63) is 34.9 Å². The molecular weight excluding hydrogens is 298 g/mol. The topological polar surface area (TPSA) is 29.5 Å². The van der Waals surface area contributed by atoms with Crippen molar-refractivity contribution in [2.75, 3.05) is 26.3 Å². The van der Waals surface area contributed by atoms with Crippen LogP contribution in [0, 0.1) is 18.8 Å². The number of carbonyl (C=O) groups is 1. The van der Waals surface area contributed by atoms with Gasteiger partial charge in [-0.25, -0.2) is 0 Å². The highest BCUT2D eigenvalue weighted by molar-refractivity contribution is 5.97. The number of benzene rings is 1. The Morgan fingerprint density at radius 3 is 2.58 bits per heavy atom. The molecule has 0 bridgehead atoms. The van der Waals surface area contributed by atoms with Crippen LogP contribution in [-0.2, 0) is 11.3 Å². The second kappa shape index (κ2) is 8.26. The zero-order valence-corrected chi connectivity index (χ0v) is 15.2. The van der Waals surface area contributed by atoms with E-state index >= 15 is 0 Å². The van der Waals surface area contributed by atoms with Crippen molar-refractivity contribution in [2.24, 2.45) is 11.8 Å². The third-order valence-electron chi connectivity index (χ3n) is 5.70. The zero-order chi connectivity index (χ0) is 16.9. The molecule has 2 heterocycles. The normalized spacial score (nSPS) is 21.1. The Kier molecular flexibility index (Phi) is 6.07. The van der Waals surface area contributed by atoms with E-state index in [0.29, 0.717) is 18.1 Å². The van der Waals surface area contributed by atoms with E-state index in [1.54, 1.807) is 0 Å². The molecule has 0 aliphatic carbocycles. The minimum absolute atomic E-state index is 0.313. The molecule has 2 fully saturated rings. The lowest BCUT2D eigenvalue weighted by molar-refractivity contribution is 0.0601. The van der Waals surface area contributed by atoms with E-state index in [4.69, 9.17) is 4.74 Å². The molecule has 2 saturated heterocycles. The summed E-state index contributed by atoms with van der Waals surface area (Å²) in [5.41, 5.74) is 3.33. The fourth-order valence-corrected chi connectivity index (χ4v) is 3.87. The maximum atomic E-state index is 12.8. The van der Waals surface area contributed by atoms with Crippen molar-refractivity contribution >= 4 is 5.78 Å². The van der Waals surface area contributed by atoms with E-state index in [2.05, 4.69) is 36.9 Å². The van der Waals surface area contributed by atoms with Gasteiger partial charge in [0, 0.05) is 31.7 Å². The molecule has 1 aromatic carbocycles. The van der Waals surface area contributed by atoms with E-state index in [1.165, 1.54) is 31.5 Å². The molecule has 3 heteroatoms. The fraction of sp³-hybridized carbons (Fsp3) is 0.667. The minimum Gasteiger partial charge on any atom is -0.381 e. The van der Waals surface area contributed by atoms with Crippen LogP contribution in [0.5, 0.6) is 0 Å². The summed E-state index contributed by atoms with van der Waals surface area (Å²) in [6, 6.07) is 6.47. The Bertz CT molecular complexity index is 555. The van der Waals surface area contributed by atoms with Gasteiger partial charge >= 0.3 is 0 Å². The van der Waals surface area contributed by atoms with Gasteiger partial charge in [0.15, 0.2) is 5.78 Å². The predicted octanol–water partition coefficient (Wildman–Crippen LogP) is 4.23. The maximum absolute atomic E-state index is 12.8. The molecule has 2 aliphatic rings. The summed E-state index contributed by atoms with van der Waals surface area (Å²) in [6.45, 7) is 9.36. The van der Waals surface area contributed by atoms with Gasteiger partial charge in [-0.2, -0.15) is 0 Å². The van der Waals surface area contributed by atoms with Crippen LogP contribution in [0.2, 0.25) is 0 Å². The molecule has 0 amide bonds.